The lowest BCUT2D eigenvalue weighted by molar-refractivity contribution is -0.144. The summed E-state index contributed by atoms with van der Waals surface area (Å²) in [7, 11) is 1.12. The quantitative estimate of drug-likeness (QED) is 0.757. The average Bonchev–Trinajstić information content (AvgIpc) is 2.89. The maximum absolute atomic E-state index is 13.2. The van der Waals surface area contributed by atoms with Gasteiger partial charge in [0.05, 0.1) is 13.0 Å². The Balaban J connectivity index is 2.06. The molecule has 0 bridgehead atoms. The predicted octanol–water partition coefficient (Wildman–Crippen LogP) is 2.75. The molecular formula is C13H12F2O2. The highest BCUT2D eigenvalue weighted by atomic mass is 19.3. The summed E-state index contributed by atoms with van der Waals surface area (Å²) in [6.45, 7) is 0. The first-order valence-electron chi connectivity index (χ1n) is 5.26. The van der Waals surface area contributed by atoms with Crippen molar-refractivity contribution in [3.63, 3.8) is 0 Å². The number of benzene rings is 1. The molecule has 0 heterocycles. The van der Waals surface area contributed by atoms with Gasteiger partial charge in [-0.05, 0) is 5.56 Å². The van der Waals surface area contributed by atoms with E-state index in [1.165, 1.54) is 6.08 Å². The molecule has 90 valence electrons. The molecule has 0 spiro atoms. The Hall–Kier alpha value is -1.71. The van der Waals surface area contributed by atoms with E-state index in [-0.39, 0.29) is 0 Å². The minimum absolute atomic E-state index is 0.832. The zero-order valence-electron chi connectivity index (χ0n) is 9.27. The van der Waals surface area contributed by atoms with Crippen molar-refractivity contribution in [1.29, 1.82) is 0 Å². The molecule has 1 aromatic rings. The van der Waals surface area contributed by atoms with Gasteiger partial charge < -0.3 is 4.74 Å². The van der Waals surface area contributed by atoms with Gasteiger partial charge in [0.15, 0.2) is 0 Å². The number of allylic oxidation sites excluding steroid dienone is 1. The molecule has 0 saturated heterocycles. The van der Waals surface area contributed by atoms with E-state index in [1.54, 1.807) is 6.08 Å². The third-order valence-corrected chi connectivity index (χ3v) is 2.86. The smallest absolute Gasteiger partial charge is 0.315 e. The molecule has 0 radical (unpaired) electrons. The fourth-order valence-electron chi connectivity index (χ4n) is 1.80. The minimum Gasteiger partial charge on any atom is -0.469 e. The molecule has 1 saturated carbocycles. The van der Waals surface area contributed by atoms with Crippen LogP contribution >= 0.6 is 0 Å². The molecule has 17 heavy (non-hydrogen) atoms. The molecule has 2 nitrogen and oxygen atoms in total. The molecule has 1 aliphatic rings. The fourth-order valence-corrected chi connectivity index (χ4v) is 1.80. The van der Waals surface area contributed by atoms with Crippen LogP contribution in [0, 0.1) is 11.8 Å². The van der Waals surface area contributed by atoms with Crippen molar-refractivity contribution < 1.29 is 18.3 Å². The van der Waals surface area contributed by atoms with Gasteiger partial charge in [0.1, 0.15) is 5.92 Å². The summed E-state index contributed by atoms with van der Waals surface area (Å²) in [6, 6.07) is 9.11. The van der Waals surface area contributed by atoms with E-state index in [4.69, 9.17) is 0 Å². The van der Waals surface area contributed by atoms with Crippen molar-refractivity contribution in [3.05, 3.63) is 42.0 Å². The first kappa shape index (κ1) is 11.8. The lowest BCUT2D eigenvalue weighted by Crippen LogP contribution is -2.08. The number of carbonyl (C=O) groups is 1. The van der Waals surface area contributed by atoms with Crippen molar-refractivity contribution in [2.24, 2.45) is 11.8 Å². The summed E-state index contributed by atoms with van der Waals surface area (Å²) in [6.07, 6.45) is 2.97. The summed E-state index contributed by atoms with van der Waals surface area (Å²) >= 11 is 0. The van der Waals surface area contributed by atoms with Gasteiger partial charge in [0, 0.05) is 0 Å². The summed E-state index contributed by atoms with van der Waals surface area (Å²) in [5.74, 6) is -6.20. The fraction of sp³-hybridized carbons (Fsp3) is 0.308. The van der Waals surface area contributed by atoms with Crippen LogP contribution < -0.4 is 0 Å². The highest BCUT2D eigenvalue weighted by Crippen LogP contribution is 2.56. The Morgan fingerprint density at radius 2 is 2.00 bits per heavy atom. The van der Waals surface area contributed by atoms with E-state index in [0.717, 1.165) is 12.7 Å². The second-order valence-electron chi connectivity index (χ2n) is 3.97. The maximum atomic E-state index is 13.2. The molecule has 2 atom stereocenters. The van der Waals surface area contributed by atoms with E-state index in [1.807, 2.05) is 30.3 Å². The maximum Gasteiger partial charge on any atom is 0.315 e. The summed E-state index contributed by atoms with van der Waals surface area (Å²) < 4.78 is 30.8. The third kappa shape index (κ3) is 2.20. The second-order valence-corrected chi connectivity index (χ2v) is 3.97. The predicted molar refractivity (Wildman–Crippen MR) is 59.4 cm³/mol. The molecule has 0 N–H and O–H groups in total. The molecule has 0 aromatic heterocycles. The summed E-state index contributed by atoms with van der Waals surface area (Å²) in [4.78, 5) is 11.1. The van der Waals surface area contributed by atoms with Crippen LogP contribution in [0.5, 0.6) is 0 Å². The van der Waals surface area contributed by atoms with E-state index in [2.05, 4.69) is 4.74 Å². The van der Waals surface area contributed by atoms with Crippen molar-refractivity contribution in [3.8, 4) is 0 Å². The standard InChI is InChI=1S/C13H12F2O2/c1-17-12(16)11-10(13(11,14)15)8-7-9-5-3-2-4-6-9/h2-8,10-11H,1H3/b8-7+. The van der Waals surface area contributed by atoms with Gasteiger partial charge in [-0.25, -0.2) is 8.78 Å². The van der Waals surface area contributed by atoms with Crippen LogP contribution in [0.4, 0.5) is 8.78 Å². The summed E-state index contributed by atoms with van der Waals surface area (Å²) in [5.41, 5.74) is 0.832. The molecule has 0 amide bonds. The number of hydrogen-bond acceptors (Lipinski definition) is 2. The van der Waals surface area contributed by atoms with Gasteiger partial charge in [-0.1, -0.05) is 42.5 Å². The van der Waals surface area contributed by atoms with Crippen LogP contribution in [0.1, 0.15) is 5.56 Å². The molecular weight excluding hydrogens is 226 g/mol. The van der Waals surface area contributed by atoms with Crippen LogP contribution in [-0.4, -0.2) is 19.0 Å². The largest absolute Gasteiger partial charge is 0.469 e. The highest BCUT2D eigenvalue weighted by molar-refractivity contribution is 5.79. The average molecular weight is 238 g/mol. The van der Waals surface area contributed by atoms with Crippen LogP contribution in [0.25, 0.3) is 6.08 Å². The third-order valence-electron chi connectivity index (χ3n) is 2.86. The Labute approximate surface area is 97.9 Å². The lowest BCUT2D eigenvalue weighted by Gasteiger charge is -1.93. The van der Waals surface area contributed by atoms with Crippen molar-refractivity contribution in [1.82, 2.24) is 0 Å². The Morgan fingerprint density at radius 3 is 2.59 bits per heavy atom. The molecule has 2 unspecified atom stereocenters. The molecule has 1 aliphatic carbocycles. The van der Waals surface area contributed by atoms with Gasteiger partial charge in [0.2, 0.25) is 0 Å². The van der Waals surface area contributed by atoms with Gasteiger partial charge in [0.25, 0.3) is 5.92 Å². The number of alkyl halides is 2. The normalized spacial score (nSPS) is 25.8. The first-order chi connectivity index (χ1) is 8.07. The topological polar surface area (TPSA) is 26.3 Å². The van der Waals surface area contributed by atoms with Crippen molar-refractivity contribution in [2.45, 2.75) is 5.92 Å². The zero-order chi connectivity index (χ0) is 12.5. The van der Waals surface area contributed by atoms with Gasteiger partial charge in [-0.3, -0.25) is 4.79 Å². The van der Waals surface area contributed by atoms with E-state index in [0.29, 0.717) is 0 Å². The number of carbonyl (C=O) groups excluding carboxylic acids is 1. The molecule has 2 rings (SSSR count). The van der Waals surface area contributed by atoms with E-state index < -0.39 is 23.7 Å². The van der Waals surface area contributed by atoms with Crippen molar-refractivity contribution in [2.75, 3.05) is 7.11 Å². The zero-order valence-corrected chi connectivity index (χ0v) is 9.27. The van der Waals surface area contributed by atoms with Crippen LogP contribution in [0.2, 0.25) is 0 Å². The van der Waals surface area contributed by atoms with Crippen LogP contribution in [0.3, 0.4) is 0 Å². The molecule has 1 fully saturated rings. The van der Waals surface area contributed by atoms with E-state index >= 15 is 0 Å². The van der Waals surface area contributed by atoms with Crippen LogP contribution in [0.15, 0.2) is 36.4 Å². The molecule has 1 aromatic carbocycles. The Bertz CT molecular complexity index is 440. The van der Waals surface area contributed by atoms with Crippen molar-refractivity contribution >= 4 is 12.0 Å². The Kier molecular flexibility index (Phi) is 2.96. The van der Waals surface area contributed by atoms with Gasteiger partial charge >= 0.3 is 5.97 Å². The monoisotopic (exact) mass is 238 g/mol. The van der Waals surface area contributed by atoms with E-state index in [9.17, 15) is 13.6 Å². The summed E-state index contributed by atoms with van der Waals surface area (Å²) in [5, 5.41) is 0. The molecule has 0 aliphatic heterocycles. The van der Waals surface area contributed by atoms with Gasteiger partial charge in [-0.2, -0.15) is 0 Å². The SMILES string of the molecule is COC(=O)C1C(/C=C/c2ccccc2)C1(F)F. The second kappa shape index (κ2) is 4.28. The Morgan fingerprint density at radius 1 is 1.35 bits per heavy atom. The molecule has 4 heteroatoms. The minimum atomic E-state index is -2.97. The number of ether oxygens (including phenoxy) is 1. The highest BCUT2D eigenvalue weighted by Gasteiger charge is 2.71. The number of esters is 1. The number of hydrogen-bond donors (Lipinski definition) is 0. The van der Waals surface area contributed by atoms with Crippen LogP contribution in [-0.2, 0) is 9.53 Å². The first-order valence-corrected chi connectivity index (χ1v) is 5.26. The van der Waals surface area contributed by atoms with Gasteiger partial charge in [-0.15, -0.1) is 0 Å². The number of halogens is 2. The number of methoxy groups -OCH3 is 1. The lowest BCUT2D eigenvalue weighted by atomic mass is 10.2. The number of rotatable bonds is 3.